The number of hydrogen-bond acceptors (Lipinski definition) is 2. The van der Waals surface area contributed by atoms with Crippen molar-refractivity contribution in [2.24, 2.45) is 0 Å². The summed E-state index contributed by atoms with van der Waals surface area (Å²) in [6.07, 6.45) is 5.04. The summed E-state index contributed by atoms with van der Waals surface area (Å²) in [4.78, 5) is 1.33. The van der Waals surface area contributed by atoms with E-state index in [1.807, 2.05) is 24.1 Å². The van der Waals surface area contributed by atoms with Crippen molar-refractivity contribution in [2.45, 2.75) is 16.6 Å². The maximum absolute atomic E-state index is 5.14. The van der Waals surface area contributed by atoms with Crippen LogP contribution in [0.3, 0.4) is 0 Å². The minimum Gasteiger partial charge on any atom is -0.501 e. The van der Waals surface area contributed by atoms with Gasteiger partial charge in [-0.1, -0.05) is 18.2 Å². The number of benzene rings is 1. The fourth-order valence-electron chi connectivity index (χ4n) is 1.26. The predicted octanol–water partition coefficient (Wildman–Crippen LogP) is 3.08. The van der Waals surface area contributed by atoms with Gasteiger partial charge in [0.25, 0.3) is 0 Å². The summed E-state index contributed by atoms with van der Waals surface area (Å²) in [5.74, 6) is 0. The van der Waals surface area contributed by atoms with Crippen LogP contribution in [-0.2, 0) is 4.74 Å². The normalized spacial score (nSPS) is 21.1. The Kier molecular flexibility index (Phi) is 2.93. The second-order valence-corrected chi connectivity index (χ2v) is 4.27. The van der Waals surface area contributed by atoms with Gasteiger partial charge in [0.05, 0.1) is 12.9 Å². The van der Waals surface area contributed by atoms with Gasteiger partial charge < -0.3 is 4.74 Å². The van der Waals surface area contributed by atoms with Crippen LogP contribution in [0.15, 0.2) is 47.6 Å². The van der Waals surface area contributed by atoms with Crippen molar-refractivity contribution in [3.05, 3.63) is 42.7 Å². The lowest BCUT2D eigenvalue weighted by atomic mass is 10.3. The molecular formula is C11H12OS. The molecule has 1 unspecified atom stereocenters. The highest BCUT2D eigenvalue weighted by molar-refractivity contribution is 8.00. The molecule has 0 saturated heterocycles. The van der Waals surface area contributed by atoms with Gasteiger partial charge in [-0.25, -0.2) is 0 Å². The van der Waals surface area contributed by atoms with Gasteiger partial charge in [-0.2, -0.15) is 0 Å². The van der Waals surface area contributed by atoms with E-state index in [-0.39, 0.29) is 0 Å². The molecule has 1 aliphatic heterocycles. The lowest BCUT2D eigenvalue weighted by Gasteiger charge is -2.15. The molecule has 68 valence electrons. The molecule has 2 rings (SSSR count). The molecule has 1 nitrogen and oxygen atoms in total. The van der Waals surface area contributed by atoms with Gasteiger partial charge in [0, 0.05) is 10.1 Å². The largest absolute Gasteiger partial charge is 0.501 e. The van der Waals surface area contributed by atoms with E-state index in [9.17, 15) is 0 Å². The van der Waals surface area contributed by atoms with Crippen LogP contribution in [0.1, 0.15) is 6.42 Å². The summed E-state index contributed by atoms with van der Waals surface area (Å²) < 4.78 is 5.14. The Morgan fingerprint density at radius 3 is 2.77 bits per heavy atom. The van der Waals surface area contributed by atoms with Gasteiger partial charge in [-0.15, -0.1) is 11.8 Å². The van der Waals surface area contributed by atoms with Crippen molar-refractivity contribution >= 4 is 11.8 Å². The fraction of sp³-hybridized carbons (Fsp3) is 0.273. The van der Waals surface area contributed by atoms with E-state index < -0.39 is 0 Å². The Balaban J connectivity index is 1.98. The van der Waals surface area contributed by atoms with E-state index in [1.165, 1.54) is 4.90 Å². The molecular weight excluding hydrogens is 180 g/mol. The summed E-state index contributed by atoms with van der Waals surface area (Å²) in [6.45, 7) is 0.848. The van der Waals surface area contributed by atoms with Crippen LogP contribution in [0, 0.1) is 0 Å². The molecule has 0 saturated carbocycles. The van der Waals surface area contributed by atoms with E-state index in [0.29, 0.717) is 5.25 Å². The second kappa shape index (κ2) is 4.38. The zero-order chi connectivity index (χ0) is 8.93. The summed E-state index contributed by atoms with van der Waals surface area (Å²) in [5.41, 5.74) is 0. The van der Waals surface area contributed by atoms with Crippen LogP contribution < -0.4 is 0 Å². The molecule has 0 aliphatic carbocycles. The molecule has 1 aromatic carbocycles. The van der Waals surface area contributed by atoms with Gasteiger partial charge in [-0.05, 0) is 24.6 Å². The second-order valence-electron chi connectivity index (χ2n) is 2.96. The first-order chi connectivity index (χ1) is 6.45. The summed E-state index contributed by atoms with van der Waals surface area (Å²) >= 11 is 1.90. The molecule has 0 amide bonds. The first-order valence-electron chi connectivity index (χ1n) is 4.45. The van der Waals surface area contributed by atoms with Gasteiger partial charge >= 0.3 is 0 Å². The van der Waals surface area contributed by atoms with Crippen LogP contribution in [0.4, 0.5) is 0 Å². The lowest BCUT2D eigenvalue weighted by molar-refractivity contribution is 0.233. The molecule has 0 fully saturated rings. The summed E-state index contributed by atoms with van der Waals surface area (Å²) in [7, 11) is 0. The van der Waals surface area contributed by atoms with Crippen molar-refractivity contribution in [3.8, 4) is 0 Å². The molecule has 0 N–H and O–H groups in total. The monoisotopic (exact) mass is 192 g/mol. The summed E-state index contributed by atoms with van der Waals surface area (Å²) in [5, 5.41) is 0.580. The van der Waals surface area contributed by atoms with E-state index in [1.54, 1.807) is 0 Å². The Morgan fingerprint density at radius 1 is 1.23 bits per heavy atom. The molecule has 13 heavy (non-hydrogen) atoms. The third-order valence-electron chi connectivity index (χ3n) is 1.94. The van der Waals surface area contributed by atoms with Crippen LogP contribution in [0.5, 0.6) is 0 Å². The number of hydrogen-bond donors (Lipinski definition) is 0. The molecule has 1 atom stereocenters. The smallest absolute Gasteiger partial charge is 0.0886 e. The molecule has 0 spiro atoms. The van der Waals surface area contributed by atoms with Gasteiger partial charge in [0.1, 0.15) is 0 Å². The first kappa shape index (κ1) is 8.70. The Bertz CT molecular complexity index is 281. The Hall–Kier alpha value is -0.890. The highest BCUT2D eigenvalue weighted by atomic mass is 32.2. The third-order valence-corrected chi connectivity index (χ3v) is 3.18. The van der Waals surface area contributed by atoms with E-state index in [2.05, 4.69) is 30.3 Å². The highest BCUT2D eigenvalue weighted by Crippen LogP contribution is 2.27. The van der Waals surface area contributed by atoms with Gasteiger partial charge in [0.15, 0.2) is 0 Å². The predicted molar refractivity (Wildman–Crippen MR) is 55.8 cm³/mol. The molecule has 1 heterocycles. The number of rotatable bonds is 2. The highest BCUT2D eigenvalue weighted by Gasteiger charge is 2.09. The van der Waals surface area contributed by atoms with Crippen molar-refractivity contribution < 1.29 is 4.74 Å². The molecule has 0 radical (unpaired) electrons. The average Bonchev–Trinajstić information content (AvgIpc) is 2.21. The van der Waals surface area contributed by atoms with E-state index in [4.69, 9.17) is 4.74 Å². The number of ether oxygens (including phenoxy) is 1. The van der Waals surface area contributed by atoms with Gasteiger partial charge in [-0.3, -0.25) is 0 Å². The lowest BCUT2D eigenvalue weighted by Crippen LogP contribution is -2.07. The Labute approximate surface area is 82.8 Å². The SMILES string of the molecule is C1=CC(Sc2ccccc2)CCO1. The van der Waals surface area contributed by atoms with Crippen molar-refractivity contribution in [1.82, 2.24) is 0 Å². The maximum Gasteiger partial charge on any atom is 0.0886 e. The van der Waals surface area contributed by atoms with Crippen LogP contribution in [0.2, 0.25) is 0 Å². The number of thioether (sulfide) groups is 1. The van der Waals surface area contributed by atoms with Crippen LogP contribution in [-0.4, -0.2) is 11.9 Å². The Morgan fingerprint density at radius 2 is 2.08 bits per heavy atom. The van der Waals surface area contributed by atoms with E-state index >= 15 is 0 Å². The zero-order valence-corrected chi connectivity index (χ0v) is 8.17. The van der Waals surface area contributed by atoms with Crippen molar-refractivity contribution in [1.29, 1.82) is 0 Å². The van der Waals surface area contributed by atoms with Crippen LogP contribution in [0.25, 0.3) is 0 Å². The first-order valence-corrected chi connectivity index (χ1v) is 5.33. The minimum absolute atomic E-state index is 0.580. The molecule has 0 bridgehead atoms. The fourth-order valence-corrected chi connectivity index (χ4v) is 2.28. The van der Waals surface area contributed by atoms with Gasteiger partial charge in [0.2, 0.25) is 0 Å². The molecule has 2 heteroatoms. The minimum atomic E-state index is 0.580. The standard InChI is InChI=1S/C11H12OS/c1-2-4-10(5-3-1)13-11-6-8-12-9-7-11/h1-6,8,11H,7,9H2. The maximum atomic E-state index is 5.14. The molecule has 1 aliphatic rings. The average molecular weight is 192 g/mol. The van der Waals surface area contributed by atoms with Crippen molar-refractivity contribution in [2.75, 3.05) is 6.61 Å². The van der Waals surface area contributed by atoms with Crippen LogP contribution >= 0.6 is 11.8 Å². The van der Waals surface area contributed by atoms with Crippen molar-refractivity contribution in [3.63, 3.8) is 0 Å². The molecule has 1 aromatic rings. The topological polar surface area (TPSA) is 9.23 Å². The quantitative estimate of drug-likeness (QED) is 0.712. The zero-order valence-electron chi connectivity index (χ0n) is 7.35. The molecule has 0 aromatic heterocycles. The summed E-state index contributed by atoms with van der Waals surface area (Å²) in [6, 6.07) is 10.5. The van der Waals surface area contributed by atoms with E-state index in [0.717, 1.165) is 13.0 Å². The third kappa shape index (κ3) is 2.52.